The summed E-state index contributed by atoms with van der Waals surface area (Å²) in [7, 11) is 0. The number of aromatic nitrogens is 1. The molecule has 0 bridgehead atoms. The molecule has 1 saturated carbocycles. The maximum Gasteiger partial charge on any atom is 0.255 e. The van der Waals surface area contributed by atoms with Crippen LogP contribution >= 0.6 is 0 Å². The van der Waals surface area contributed by atoms with E-state index < -0.39 is 0 Å². The average Bonchev–Trinajstić information content (AvgIpc) is 3.45. The van der Waals surface area contributed by atoms with Gasteiger partial charge < -0.3 is 14.8 Å². The molecule has 1 N–H and O–H groups in total. The number of aryl methyl sites for hydroxylation is 2. The summed E-state index contributed by atoms with van der Waals surface area (Å²) in [5, 5.41) is 3.69. The van der Waals surface area contributed by atoms with Gasteiger partial charge in [-0.3, -0.25) is 4.79 Å². The largest absolute Gasteiger partial charge is 0.338 e. The first-order valence-electron chi connectivity index (χ1n) is 10.3. The lowest BCUT2D eigenvalue weighted by Gasteiger charge is -2.32. The number of benzene rings is 1. The fourth-order valence-electron chi connectivity index (χ4n) is 4.28. The molecule has 144 valence electrons. The summed E-state index contributed by atoms with van der Waals surface area (Å²) in [5.41, 5.74) is 5.39. The Morgan fingerprint density at radius 1 is 1.07 bits per heavy atom. The second-order valence-corrected chi connectivity index (χ2v) is 8.32. The van der Waals surface area contributed by atoms with Crippen molar-refractivity contribution in [2.75, 3.05) is 19.6 Å². The van der Waals surface area contributed by atoms with Crippen LogP contribution in [0.4, 0.5) is 0 Å². The Kier molecular flexibility index (Phi) is 5.09. The maximum absolute atomic E-state index is 13.2. The smallest absolute Gasteiger partial charge is 0.255 e. The van der Waals surface area contributed by atoms with Gasteiger partial charge in [-0.1, -0.05) is 18.2 Å². The number of amides is 1. The van der Waals surface area contributed by atoms with Crippen LogP contribution in [-0.4, -0.2) is 41.1 Å². The Morgan fingerprint density at radius 2 is 1.78 bits per heavy atom. The highest BCUT2D eigenvalue weighted by Crippen LogP contribution is 2.28. The molecule has 2 heterocycles. The predicted octanol–water partition coefficient (Wildman–Crippen LogP) is 4.01. The molecule has 2 aromatic rings. The molecule has 1 aromatic carbocycles. The van der Waals surface area contributed by atoms with Crippen LogP contribution in [0.2, 0.25) is 0 Å². The zero-order chi connectivity index (χ0) is 19.0. The number of hydrogen-bond donors (Lipinski definition) is 1. The molecule has 1 aliphatic heterocycles. The number of carbonyl (C=O) groups is 1. The number of carbonyl (C=O) groups excluding carboxylic acids is 1. The van der Waals surface area contributed by atoms with Gasteiger partial charge in [-0.15, -0.1) is 0 Å². The summed E-state index contributed by atoms with van der Waals surface area (Å²) in [6.45, 7) is 9.15. The van der Waals surface area contributed by atoms with Crippen LogP contribution in [0.3, 0.4) is 0 Å². The van der Waals surface area contributed by atoms with Crippen LogP contribution < -0.4 is 5.32 Å². The van der Waals surface area contributed by atoms with Crippen molar-refractivity contribution < 1.29 is 4.79 Å². The fraction of sp³-hybridized carbons (Fsp3) is 0.522. The maximum atomic E-state index is 13.2. The molecular formula is C23H31N3O. The normalized spacial score (nSPS) is 18.1. The summed E-state index contributed by atoms with van der Waals surface area (Å²) < 4.78 is 2.21. The average molecular weight is 366 g/mol. The van der Waals surface area contributed by atoms with E-state index in [0.717, 1.165) is 61.0 Å². The lowest BCUT2D eigenvalue weighted by molar-refractivity contribution is 0.0704. The Hall–Kier alpha value is -2.07. The van der Waals surface area contributed by atoms with E-state index in [2.05, 4.69) is 61.0 Å². The van der Waals surface area contributed by atoms with Crippen molar-refractivity contribution in [1.82, 2.24) is 14.8 Å². The van der Waals surface area contributed by atoms with Gasteiger partial charge in [0.1, 0.15) is 0 Å². The summed E-state index contributed by atoms with van der Waals surface area (Å²) in [4.78, 5) is 15.2. The first kappa shape index (κ1) is 18.3. The van der Waals surface area contributed by atoms with Gasteiger partial charge in [0, 0.05) is 36.2 Å². The predicted molar refractivity (Wildman–Crippen MR) is 110 cm³/mol. The molecular weight excluding hydrogens is 334 g/mol. The molecule has 1 aliphatic carbocycles. The SMILES string of the molecule is Cc1ccccc1-n1c(C)cc(C(=O)N2CCC(NCC3CC3)CC2)c1C. The Morgan fingerprint density at radius 3 is 2.44 bits per heavy atom. The third-order valence-corrected chi connectivity index (χ3v) is 6.19. The summed E-state index contributed by atoms with van der Waals surface area (Å²) in [5.74, 6) is 1.10. The highest BCUT2D eigenvalue weighted by atomic mass is 16.2. The van der Waals surface area contributed by atoms with Crippen molar-refractivity contribution in [3.63, 3.8) is 0 Å². The number of nitrogens with zero attached hydrogens (tertiary/aromatic N) is 2. The summed E-state index contributed by atoms with van der Waals surface area (Å²) in [6.07, 6.45) is 4.91. The molecule has 4 nitrogen and oxygen atoms in total. The second kappa shape index (κ2) is 7.51. The molecule has 4 heteroatoms. The van der Waals surface area contributed by atoms with Gasteiger partial charge in [-0.25, -0.2) is 0 Å². The molecule has 2 fully saturated rings. The van der Waals surface area contributed by atoms with E-state index in [1.54, 1.807) is 0 Å². The van der Waals surface area contributed by atoms with Crippen LogP contribution in [0.1, 0.15) is 53.0 Å². The van der Waals surface area contributed by atoms with Crippen molar-refractivity contribution >= 4 is 5.91 Å². The van der Waals surface area contributed by atoms with Crippen LogP contribution in [0, 0.1) is 26.7 Å². The van der Waals surface area contributed by atoms with Crippen molar-refractivity contribution in [2.24, 2.45) is 5.92 Å². The van der Waals surface area contributed by atoms with E-state index in [-0.39, 0.29) is 5.91 Å². The molecule has 1 saturated heterocycles. The molecule has 0 atom stereocenters. The highest BCUT2D eigenvalue weighted by Gasteiger charge is 2.28. The van der Waals surface area contributed by atoms with E-state index in [9.17, 15) is 4.79 Å². The molecule has 1 amide bonds. The van der Waals surface area contributed by atoms with Gasteiger partial charge in [-0.2, -0.15) is 0 Å². The van der Waals surface area contributed by atoms with Gasteiger partial charge in [0.15, 0.2) is 0 Å². The number of para-hydroxylation sites is 1. The zero-order valence-electron chi connectivity index (χ0n) is 16.8. The van der Waals surface area contributed by atoms with Crippen LogP contribution in [0.25, 0.3) is 5.69 Å². The first-order chi connectivity index (χ1) is 13.0. The third-order valence-electron chi connectivity index (χ3n) is 6.19. The first-order valence-corrected chi connectivity index (χ1v) is 10.3. The summed E-state index contributed by atoms with van der Waals surface area (Å²) in [6, 6.07) is 11.0. The quantitative estimate of drug-likeness (QED) is 0.869. The van der Waals surface area contributed by atoms with Crippen LogP contribution in [0.15, 0.2) is 30.3 Å². The van der Waals surface area contributed by atoms with Crippen molar-refractivity contribution in [1.29, 1.82) is 0 Å². The van der Waals surface area contributed by atoms with Gasteiger partial charge in [0.05, 0.1) is 5.56 Å². The molecule has 0 spiro atoms. The van der Waals surface area contributed by atoms with Crippen molar-refractivity contribution in [3.05, 3.63) is 52.8 Å². The van der Waals surface area contributed by atoms with Gasteiger partial charge in [0.2, 0.25) is 0 Å². The molecule has 27 heavy (non-hydrogen) atoms. The van der Waals surface area contributed by atoms with Crippen LogP contribution in [0.5, 0.6) is 0 Å². The molecule has 1 aromatic heterocycles. The monoisotopic (exact) mass is 365 g/mol. The van der Waals surface area contributed by atoms with Crippen molar-refractivity contribution in [3.8, 4) is 5.69 Å². The van der Waals surface area contributed by atoms with Gasteiger partial charge in [0.25, 0.3) is 5.91 Å². The van der Waals surface area contributed by atoms with Gasteiger partial charge in [-0.05, 0) is 76.6 Å². The number of nitrogens with one attached hydrogen (secondary N) is 1. The highest BCUT2D eigenvalue weighted by molar-refractivity contribution is 5.96. The topological polar surface area (TPSA) is 37.3 Å². The minimum absolute atomic E-state index is 0.184. The number of piperidine rings is 1. The van der Waals surface area contributed by atoms with E-state index in [1.165, 1.54) is 18.4 Å². The molecule has 4 rings (SSSR count). The van der Waals surface area contributed by atoms with Crippen LogP contribution in [-0.2, 0) is 0 Å². The number of hydrogen-bond acceptors (Lipinski definition) is 2. The summed E-state index contributed by atoms with van der Waals surface area (Å²) >= 11 is 0. The van der Waals surface area contributed by atoms with Gasteiger partial charge >= 0.3 is 0 Å². The third kappa shape index (κ3) is 3.81. The molecule has 2 aliphatic rings. The lowest BCUT2D eigenvalue weighted by atomic mass is 10.0. The Balaban J connectivity index is 1.46. The lowest BCUT2D eigenvalue weighted by Crippen LogP contribution is -2.45. The van der Waals surface area contributed by atoms with E-state index >= 15 is 0 Å². The minimum atomic E-state index is 0.184. The standard InChI is InChI=1S/C23H31N3O/c1-16-6-4-5-7-22(16)26-17(2)14-21(18(26)3)23(27)25-12-10-20(11-13-25)24-15-19-8-9-19/h4-7,14,19-20,24H,8-13,15H2,1-3H3. The minimum Gasteiger partial charge on any atom is -0.338 e. The van der Waals surface area contributed by atoms with Crippen molar-refractivity contribution in [2.45, 2.75) is 52.5 Å². The van der Waals surface area contributed by atoms with E-state index in [1.807, 2.05) is 4.90 Å². The van der Waals surface area contributed by atoms with E-state index in [0.29, 0.717) is 6.04 Å². The Bertz CT molecular complexity index is 826. The second-order valence-electron chi connectivity index (χ2n) is 8.32. The number of rotatable bonds is 5. The molecule has 0 unspecified atom stereocenters. The number of likely N-dealkylation sites (tertiary alicyclic amines) is 1. The zero-order valence-corrected chi connectivity index (χ0v) is 16.8. The Labute approximate surface area is 162 Å². The fourth-order valence-corrected chi connectivity index (χ4v) is 4.28. The molecule has 0 radical (unpaired) electrons. The van der Waals surface area contributed by atoms with E-state index in [4.69, 9.17) is 0 Å².